The Hall–Kier alpha value is -4.31. The first-order valence-electron chi connectivity index (χ1n) is 17.5. The van der Waals surface area contributed by atoms with Crippen LogP contribution in [0.5, 0.6) is 5.88 Å². The van der Waals surface area contributed by atoms with Gasteiger partial charge in [0.25, 0.3) is 5.91 Å². The van der Waals surface area contributed by atoms with E-state index in [0.29, 0.717) is 23.8 Å². The first-order chi connectivity index (χ1) is 24.9. The molecule has 0 radical (unpaired) electrons. The van der Waals surface area contributed by atoms with Crippen LogP contribution in [0.4, 0.5) is 4.79 Å². The predicted octanol–water partition coefficient (Wildman–Crippen LogP) is 4.22. The highest BCUT2D eigenvalue weighted by Gasteiger charge is 2.62. The van der Waals surface area contributed by atoms with Crippen LogP contribution in [0.15, 0.2) is 59.2 Å². The van der Waals surface area contributed by atoms with Gasteiger partial charge in [-0.05, 0) is 89.5 Å². The fourth-order valence-corrected chi connectivity index (χ4v) is 8.03. The number of alkyl carbamates (subject to hydrolysis) is 1. The number of nitrogens with one attached hydrogen (secondary N) is 3. The minimum Gasteiger partial charge on any atom is -0.472 e. The van der Waals surface area contributed by atoms with Gasteiger partial charge in [-0.2, -0.15) is 0 Å². The maximum absolute atomic E-state index is 14.5. The van der Waals surface area contributed by atoms with E-state index in [1.165, 1.54) is 11.0 Å². The maximum Gasteiger partial charge on any atom is 0.408 e. The summed E-state index contributed by atoms with van der Waals surface area (Å²) in [5, 5.41) is 6.22. The number of benzene rings is 1. The first-order valence-corrected chi connectivity index (χ1v) is 19.9. The average molecular weight is 817 g/mol. The molecule has 1 aromatic heterocycles. The third kappa shape index (κ3) is 9.44. The van der Waals surface area contributed by atoms with Gasteiger partial charge in [-0.25, -0.2) is 18.2 Å². The number of likely N-dealkylation sites (tertiary alicyclic amines) is 1. The van der Waals surface area contributed by atoms with Crippen LogP contribution < -0.4 is 20.1 Å². The van der Waals surface area contributed by atoms with Crippen LogP contribution in [0.25, 0.3) is 10.8 Å². The van der Waals surface area contributed by atoms with E-state index in [1.54, 1.807) is 46.9 Å². The number of sulfonamides is 1. The number of hydrogen-bond acceptors (Lipinski definition) is 10. The number of amides is 4. The van der Waals surface area contributed by atoms with Crippen LogP contribution in [0.2, 0.25) is 0 Å². The van der Waals surface area contributed by atoms with Gasteiger partial charge in [0.15, 0.2) is 5.78 Å². The van der Waals surface area contributed by atoms with Crippen LogP contribution in [0.3, 0.4) is 0 Å². The third-order valence-corrected chi connectivity index (χ3v) is 11.9. The summed E-state index contributed by atoms with van der Waals surface area (Å²) in [7, 11) is -3.93. The van der Waals surface area contributed by atoms with E-state index >= 15 is 0 Å². The number of halogens is 1. The molecular weight excluding hydrogens is 770 g/mol. The molecule has 1 aliphatic heterocycles. The van der Waals surface area contributed by atoms with Crippen molar-refractivity contribution in [3.63, 3.8) is 0 Å². The molecule has 3 N–H and O–H groups in total. The van der Waals surface area contributed by atoms with Crippen molar-refractivity contribution < 1.29 is 41.9 Å². The lowest BCUT2D eigenvalue weighted by Gasteiger charge is -2.30. The Kier molecular flexibility index (Phi) is 11.7. The average Bonchev–Trinajstić information content (AvgIpc) is 4.02. The SMILES string of the molecule is C=C[C@@H]1C[C@]1(NC(=O)[C@@H]1CC(Oc2nccc3ccc(Br)cc23)CN1C(=O)[C@H](CCC(=O)C(C)=CC)NC(=O)OC(C)(C)C)C(=O)NS(=O)(=O)C1CC1. The van der Waals surface area contributed by atoms with Crippen molar-refractivity contribution in [1.82, 2.24) is 25.2 Å². The van der Waals surface area contributed by atoms with Gasteiger partial charge in [-0.1, -0.05) is 34.1 Å². The molecule has 4 amide bonds. The van der Waals surface area contributed by atoms with Crippen molar-refractivity contribution in [3.05, 3.63) is 59.2 Å². The number of carbonyl (C=O) groups is 5. The normalized spacial score (nSPS) is 23.5. The number of pyridine rings is 1. The van der Waals surface area contributed by atoms with Crippen molar-refractivity contribution in [1.29, 1.82) is 0 Å². The molecule has 53 heavy (non-hydrogen) atoms. The second-order valence-corrected chi connectivity index (χ2v) is 17.7. The minimum absolute atomic E-state index is 0.0315. The van der Waals surface area contributed by atoms with Gasteiger partial charge in [-0.15, -0.1) is 6.58 Å². The highest BCUT2D eigenvalue weighted by molar-refractivity contribution is 9.10. The lowest BCUT2D eigenvalue weighted by molar-refractivity contribution is -0.141. The van der Waals surface area contributed by atoms with E-state index in [-0.39, 0.29) is 43.9 Å². The molecule has 5 atom stereocenters. The van der Waals surface area contributed by atoms with E-state index in [9.17, 15) is 32.4 Å². The fraction of sp³-hybridized carbons (Fsp3) is 0.514. The van der Waals surface area contributed by atoms with Crippen molar-refractivity contribution in [3.8, 4) is 5.88 Å². The maximum atomic E-state index is 14.5. The zero-order chi connectivity index (χ0) is 38.9. The Balaban J connectivity index is 1.45. The zero-order valence-electron chi connectivity index (χ0n) is 30.4. The molecule has 3 fully saturated rings. The molecular formula is C37H46BrN5O9S. The summed E-state index contributed by atoms with van der Waals surface area (Å²) in [5.74, 6) is -2.78. The molecule has 1 unspecified atom stereocenters. The van der Waals surface area contributed by atoms with Gasteiger partial charge in [0.2, 0.25) is 27.7 Å². The number of aromatic nitrogens is 1. The fourth-order valence-electron chi connectivity index (χ4n) is 6.30. The van der Waals surface area contributed by atoms with Gasteiger partial charge in [0.05, 0.1) is 11.8 Å². The molecule has 0 bridgehead atoms. The zero-order valence-corrected chi connectivity index (χ0v) is 32.8. The van der Waals surface area contributed by atoms with Gasteiger partial charge in [-0.3, -0.25) is 23.9 Å². The number of Topliss-reactive ketones (excluding diaryl/α,β-unsaturated/α-hetero) is 1. The summed E-state index contributed by atoms with van der Waals surface area (Å²) in [4.78, 5) is 73.7. The van der Waals surface area contributed by atoms with Crippen LogP contribution >= 0.6 is 15.9 Å². The summed E-state index contributed by atoms with van der Waals surface area (Å²) >= 11 is 3.48. The van der Waals surface area contributed by atoms with Crippen molar-refractivity contribution in [2.24, 2.45) is 5.92 Å². The van der Waals surface area contributed by atoms with E-state index in [2.05, 4.69) is 42.8 Å². The van der Waals surface area contributed by atoms with Gasteiger partial charge >= 0.3 is 6.09 Å². The Morgan fingerprint density at radius 2 is 1.89 bits per heavy atom. The Morgan fingerprint density at radius 1 is 1.17 bits per heavy atom. The van der Waals surface area contributed by atoms with E-state index in [4.69, 9.17) is 9.47 Å². The lowest BCUT2D eigenvalue weighted by Crippen LogP contribution is -2.58. The standard InChI is InChI=1S/C37H46BrN5O9S/c1-7-21(3)30(44)14-13-28(40-35(48)52-36(4,5)6)33(46)43-20-25(51-32-27-17-24(38)10-9-22(27)15-16-39-32)18-29(43)31(45)41-37(19-23(37)8-2)34(47)42-53(49,50)26-11-12-26/h7-10,15-17,23,25-26,28-29H,2,11-14,18-20H2,1,3-6H3,(H,40,48)(H,41,45)(H,42,47)/t23-,25?,28+,29+,37-/m1/s1. The summed E-state index contributed by atoms with van der Waals surface area (Å²) in [6, 6.07) is 4.92. The van der Waals surface area contributed by atoms with E-state index in [1.807, 2.05) is 24.3 Å². The molecule has 2 aliphatic carbocycles. The van der Waals surface area contributed by atoms with Gasteiger partial charge in [0, 0.05) is 34.8 Å². The second kappa shape index (κ2) is 15.6. The number of ketones is 1. The number of hydrogen-bond donors (Lipinski definition) is 3. The summed E-state index contributed by atoms with van der Waals surface area (Å²) in [6.07, 6.45) is 3.83. The van der Waals surface area contributed by atoms with Crippen molar-refractivity contribution in [2.45, 2.75) is 108 Å². The first kappa shape index (κ1) is 39.9. The molecule has 2 aromatic rings. The summed E-state index contributed by atoms with van der Waals surface area (Å²) in [6.45, 7) is 12.0. The number of carbonyl (C=O) groups excluding carboxylic acids is 5. The molecule has 5 rings (SSSR count). The predicted molar refractivity (Wildman–Crippen MR) is 200 cm³/mol. The van der Waals surface area contributed by atoms with Crippen molar-refractivity contribution >= 4 is 66.3 Å². The Bertz CT molecular complexity index is 1960. The number of fused-ring (bicyclic) bond motifs is 1. The smallest absolute Gasteiger partial charge is 0.408 e. The van der Waals surface area contributed by atoms with Crippen LogP contribution in [0.1, 0.15) is 73.1 Å². The number of ether oxygens (including phenoxy) is 2. The van der Waals surface area contributed by atoms with Crippen LogP contribution in [0, 0.1) is 5.92 Å². The molecule has 2 heterocycles. The topological polar surface area (TPSA) is 190 Å². The van der Waals surface area contributed by atoms with E-state index in [0.717, 1.165) is 9.86 Å². The Morgan fingerprint density at radius 3 is 2.51 bits per heavy atom. The molecule has 286 valence electrons. The second-order valence-electron chi connectivity index (χ2n) is 14.8. The van der Waals surface area contributed by atoms with Crippen LogP contribution in [-0.4, -0.2) is 89.0 Å². The van der Waals surface area contributed by atoms with Gasteiger partial charge < -0.3 is 25.0 Å². The highest BCUT2D eigenvalue weighted by atomic mass is 79.9. The lowest BCUT2D eigenvalue weighted by atomic mass is 10.0. The highest BCUT2D eigenvalue weighted by Crippen LogP contribution is 2.45. The van der Waals surface area contributed by atoms with Gasteiger partial charge in [0.1, 0.15) is 29.3 Å². The number of nitrogens with zero attached hydrogens (tertiary/aromatic N) is 2. The minimum atomic E-state index is -3.93. The molecule has 3 aliphatic rings. The van der Waals surface area contributed by atoms with Crippen molar-refractivity contribution in [2.75, 3.05) is 6.54 Å². The molecule has 2 saturated carbocycles. The number of rotatable bonds is 14. The molecule has 16 heteroatoms. The largest absolute Gasteiger partial charge is 0.472 e. The summed E-state index contributed by atoms with van der Waals surface area (Å²) < 4.78 is 40.1. The third-order valence-electron chi connectivity index (χ3n) is 9.59. The monoisotopic (exact) mass is 815 g/mol. The van der Waals surface area contributed by atoms with Crippen LogP contribution in [-0.2, 0) is 33.9 Å². The number of allylic oxidation sites excluding steroid dienone is 2. The summed E-state index contributed by atoms with van der Waals surface area (Å²) in [5.41, 5.74) is -2.00. The molecule has 0 spiro atoms. The van der Waals surface area contributed by atoms with E-state index < -0.39 is 74.3 Å². The molecule has 1 aromatic carbocycles. The Labute approximate surface area is 317 Å². The molecule has 14 nitrogen and oxygen atoms in total. The quantitative estimate of drug-likeness (QED) is 0.184. The molecule has 1 saturated heterocycles.